The second-order valence-corrected chi connectivity index (χ2v) is 7.22. The largest absolute Gasteiger partial charge is 0.416 e. The molecule has 0 radical (unpaired) electrons. The van der Waals surface area contributed by atoms with Gasteiger partial charge >= 0.3 is 12.4 Å². The van der Waals surface area contributed by atoms with E-state index in [1.54, 1.807) is 0 Å². The van der Waals surface area contributed by atoms with Crippen LogP contribution in [0.2, 0.25) is 0 Å². The molecule has 1 heterocycles. The third kappa shape index (κ3) is 5.05. The van der Waals surface area contributed by atoms with Crippen LogP contribution < -0.4 is 0 Å². The number of ether oxygens (including phenoxy) is 2. The molecule has 162 valence electrons. The highest BCUT2D eigenvalue weighted by Crippen LogP contribution is 2.40. The molecule has 8 heteroatoms. The van der Waals surface area contributed by atoms with E-state index in [2.05, 4.69) is 6.58 Å². The Labute approximate surface area is 170 Å². The molecular formula is C22H20F6O2. The summed E-state index contributed by atoms with van der Waals surface area (Å²) in [6, 6.07) is 10.7. The van der Waals surface area contributed by atoms with Gasteiger partial charge in [-0.3, -0.25) is 0 Å². The van der Waals surface area contributed by atoms with Crippen molar-refractivity contribution in [1.82, 2.24) is 0 Å². The normalized spacial score (nSPS) is 21.5. The first-order chi connectivity index (χ1) is 14.0. The molecule has 1 aliphatic heterocycles. The number of hydrogen-bond acceptors (Lipinski definition) is 2. The molecule has 0 aromatic heterocycles. The maximum atomic E-state index is 13.2. The number of halogens is 6. The Morgan fingerprint density at radius 1 is 0.967 bits per heavy atom. The van der Waals surface area contributed by atoms with E-state index in [0.29, 0.717) is 18.7 Å². The molecule has 0 amide bonds. The van der Waals surface area contributed by atoms with Gasteiger partial charge in [-0.05, 0) is 41.8 Å². The average Bonchev–Trinajstić information content (AvgIpc) is 2.67. The van der Waals surface area contributed by atoms with Crippen molar-refractivity contribution >= 4 is 0 Å². The summed E-state index contributed by atoms with van der Waals surface area (Å²) in [7, 11) is 0. The number of hydrogen-bond donors (Lipinski definition) is 0. The lowest BCUT2D eigenvalue weighted by molar-refractivity contribution is -0.143. The molecule has 0 spiro atoms. The van der Waals surface area contributed by atoms with E-state index >= 15 is 0 Å². The van der Waals surface area contributed by atoms with E-state index in [1.807, 2.05) is 30.3 Å². The molecule has 0 unspecified atom stereocenters. The van der Waals surface area contributed by atoms with E-state index < -0.39 is 35.7 Å². The van der Waals surface area contributed by atoms with Gasteiger partial charge in [0, 0.05) is 5.92 Å². The van der Waals surface area contributed by atoms with E-state index in [9.17, 15) is 26.3 Å². The molecule has 2 nitrogen and oxygen atoms in total. The Morgan fingerprint density at radius 3 is 2.07 bits per heavy atom. The van der Waals surface area contributed by atoms with Crippen molar-refractivity contribution in [3.8, 4) is 0 Å². The summed E-state index contributed by atoms with van der Waals surface area (Å²) in [5, 5.41) is 0. The Balaban J connectivity index is 1.92. The van der Waals surface area contributed by atoms with Crippen LogP contribution in [0, 0.1) is 0 Å². The Kier molecular flexibility index (Phi) is 6.29. The van der Waals surface area contributed by atoms with Gasteiger partial charge in [0.15, 0.2) is 0 Å². The molecule has 30 heavy (non-hydrogen) atoms. The molecule has 1 aliphatic rings. The van der Waals surface area contributed by atoms with Gasteiger partial charge in [-0.2, -0.15) is 26.3 Å². The van der Waals surface area contributed by atoms with Crippen molar-refractivity contribution in [2.24, 2.45) is 0 Å². The van der Waals surface area contributed by atoms with Crippen molar-refractivity contribution < 1.29 is 35.8 Å². The van der Waals surface area contributed by atoms with E-state index in [4.69, 9.17) is 9.47 Å². The highest BCUT2D eigenvalue weighted by molar-refractivity contribution is 5.35. The van der Waals surface area contributed by atoms with Crippen LogP contribution in [0.3, 0.4) is 0 Å². The summed E-state index contributed by atoms with van der Waals surface area (Å²) in [6.07, 6.45) is -11.5. The van der Waals surface area contributed by atoms with Crippen LogP contribution in [0.5, 0.6) is 0 Å². The van der Waals surface area contributed by atoms with Gasteiger partial charge < -0.3 is 9.47 Å². The minimum Gasteiger partial charge on any atom is -0.374 e. The summed E-state index contributed by atoms with van der Waals surface area (Å²) in [5.74, 6) is -0.282. The van der Waals surface area contributed by atoms with Gasteiger partial charge in [-0.1, -0.05) is 36.9 Å². The van der Waals surface area contributed by atoms with Crippen LogP contribution >= 0.6 is 0 Å². The second kappa shape index (κ2) is 8.43. The molecule has 0 N–H and O–H groups in total. The maximum absolute atomic E-state index is 13.2. The molecule has 0 aliphatic carbocycles. The smallest absolute Gasteiger partial charge is 0.374 e. The van der Waals surface area contributed by atoms with Crippen molar-refractivity contribution in [2.45, 2.75) is 37.4 Å². The zero-order chi connectivity index (χ0) is 22.1. The van der Waals surface area contributed by atoms with E-state index in [-0.39, 0.29) is 24.2 Å². The third-order valence-electron chi connectivity index (χ3n) is 5.00. The summed E-state index contributed by atoms with van der Waals surface area (Å²) in [4.78, 5) is 0. The van der Waals surface area contributed by atoms with Gasteiger partial charge in [0.25, 0.3) is 0 Å². The zero-order valence-corrected chi connectivity index (χ0v) is 16.1. The highest BCUT2D eigenvalue weighted by Gasteiger charge is 2.38. The highest BCUT2D eigenvalue weighted by atomic mass is 19.4. The topological polar surface area (TPSA) is 18.5 Å². The van der Waals surface area contributed by atoms with Gasteiger partial charge in [-0.15, -0.1) is 0 Å². The fourth-order valence-electron chi connectivity index (χ4n) is 3.54. The number of rotatable bonds is 4. The summed E-state index contributed by atoms with van der Waals surface area (Å²) < 4.78 is 90.3. The van der Waals surface area contributed by atoms with Crippen LogP contribution in [0.15, 0.2) is 60.7 Å². The fourth-order valence-corrected chi connectivity index (χ4v) is 3.54. The first kappa shape index (κ1) is 22.4. The van der Waals surface area contributed by atoms with Crippen molar-refractivity contribution in [3.05, 3.63) is 82.9 Å². The monoisotopic (exact) mass is 430 g/mol. The fraction of sp³-hybridized carbons (Fsp3) is 0.364. The Morgan fingerprint density at radius 2 is 1.53 bits per heavy atom. The first-order valence-electron chi connectivity index (χ1n) is 9.22. The van der Waals surface area contributed by atoms with Gasteiger partial charge in [0.05, 0.1) is 36.5 Å². The lowest BCUT2D eigenvalue weighted by atomic mass is 9.86. The van der Waals surface area contributed by atoms with Crippen molar-refractivity contribution in [2.75, 3.05) is 13.2 Å². The molecule has 3 rings (SSSR count). The van der Waals surface area contributed by atoms with Gasteiger partial charge in [0.2, 0.25) is 0 Å². The summed E-state index contributed by atoms with van der Waals surface area (Å²) in [6.45, 7) is 5.87. The number of benzene rings is 2. The molecule has 0 bridgehead atoms. The van der Waals surface area contributed by atoms with Crippen molar-refractivity contribution in [3.63, 3.8) is 0 Å². The van der Waals surface area contributed by atoms with E-state index in [0.717, 1.165) is 11.1 Å². The lowest BCUT2D eigenvalue weighted by Gasteiger charge is -2.35. The molecule has 1 saturated heterocycles. The molecule has 2 aromatic carbocycles. The van der Waals surface area contributed by atoms with Gasteiger partial charge in [-0.25, -0.2) is 0 Å². The predicted molar refractivity (Wildman–Crippen MR) is 98.9 cm³/mol. The van der Waals surface area contributed by atoms with Crippen LogP contribution in [0.25, 0.3) is 0 Å². The SMILES string of the molecule is C=C1COC[C@H](O[C@H](C)c2cc(C(F)(F)F)cc(C(F)(F)F)c2)[C@@H]1c1ccccc1. The van der Waals surface area contributed by atoms with Crippen LogP contribution in [0.4, 0.5) is 26.3 Å². The maximum Gasteiger partial charge on any atom is 0.416 e. The van der Waals surface area contributed by atoms with Gasteiger partial charge in [0.1, 0.15) is 0 Å². The minimum atomic E-state index is -4.91. The molecule has 0 saturated carbocycles. The Hall–Kier alpha value is -2.32. The second-order valence-electron chi connectivity index (χ2n) is 7.22. The first-order valence-corrected chi connectivity index (χ1v) is 9.22. The molecule has 1 fully saturated rings. The predicted octanol–water partition coefficient (Wildman–Crippen LogP) is 6.54. The average molecular weight is 430 g/mol. The van der Waals surface area contributed by atoms with Crippen molar-refractivity contribution in [1.29, 1.82) is 0 Å². The Bertz CT molecular complexity index is 856. The molecular weight excluding hydrogens is 410 g/mol. The van der Waals surface area contributed by atoms with Crippen LogP contribution in [-0.2, 0) is 21.8 Å². The lowest BCUT2D eigenvalue weighted by Crippen LogP contribution is -2.35. The van der Waals surface area contributed by atoms with Crippen LogP contribution in [0.1, 0.15) is 41.2 Å². The van der Waals surface area contributed by atoms with E-state index in [1.165, 1.54) is 6.92 Å². The summed E-state index contributed by atoms with van der Waals surface area (Å²) in [5.41, 5.74) is -1.33. The molecule has 3 atom stereocenters. The quantitative estimate of drug-likeness (QED) is 0.405. The number of alkyl halides is 6. The molecule has 2 aromatic rings. The standard InChI is InChI=1S/C22H20F6O2/c1-13-11-29-12-19(20(13)15-6-4-3-5-7-15)30-14(2)16-8-17(21(23,24)25)10-18(9-16)22(26,27)28/h3-10,14,19-20H,1,11-12H2,2H3/t14-,19+,20+/m1/s1. The summed E-state index contributed by atoms with van der Waals surface area (Å²) >= 11 is 0. The van der Waals surface area contributed by atoms with Crippen LogP contribution in [-0.4, -0.2) is 19.3 Å². The zero-order valence-electron chi connectivity index (χ0n) is 16.1. The third-order valence-corrected chi connectivity index (χ3v) is 5.00. The minimum absolute atomic E-state index is 0.106.